The van der Waals surface area contributed by atoms with Gasteiger partial charge in [0.05, 0.1) is 30.9 Å². The van der Waals surface area contributed by atoms with Crippen LogP contribution in [0.25, 0.3) is 10.9 Å². The number of carbonyl (C=O) groups is 2. The lowest BCUT2D eigenvalue weighted by Gasteiger charge is -2.08. The van der Waals surface area contributed by atoms with Gasteiger partial charge in [-0.2, -0.15) is 0 Å². The molecule has 132 valence electrons. The molecule has 3 rings (SSSR count). The molecule has 7 heteroatoms. The quantitative estimate of drug-likeness (QED) is 0.678. The van der Waals surface area contributed by atoms with Gasteiger partial charge in [0.15, 0.2) is 5.78 Å². The van der Waals surface area contributed by atoms with E-state index < -0.39 is 5.91 Å². The first kappa shape index (κ1) is 17.3. The molecule has 0 aliphatic heterocycles. The molecule has 0 unspecified atom stereocenters. The number of nitrogens with zero attached hydrogens (tertiary/aromatic N) is 2. The van der Waals surface area contributed by atoms with E-state index in [9.17, 15) is 14.4 Å². The number of para-hydroxylation sites is 1. The van der Waals surface area contributed by atoms with Gasteiger partial charge in [-0.3, -0.25) is 19.0 Å². The summed E-state index contributed by atoms with van der Waals surface area (Å²) in [4.78, 5) is 40.7. The van der Waals surface area contributed by atoms with Crippen LogP contribution >= 0.6 is 0 Å². The van der Waals surface area contributed by atoms with E-state index in [0.717, 1.165) is 0 Å². The highest BCUT2D eigenvalue weighted by molar-refractivity contribution is 5.99. The number of hydrogen-bond acceptors (Lipinski definition) is 5. The topological polar surface area (TPSA) is 90.3 Å². The molecule has 1 aromatic heterocycles. The number of Topliss-reactive ketones (excluding diaryl/α,β-unsaturated/α-hetero) is 1. The molecule has 0 bridgehead atoms. The van der Waals surface area contributed by atoms with Gasteiger partial charge in [-0.1, -0.05) is 12.1 Å². The van der Waals surface area contributed by atoms with Crippen molar-refractivity contribution in [3.8, 4) is 5.75 Å². The zero-order chi connectivity index (χ0) is 18.5. The van der Waals surface area contributed by atoms with Gasteiger partial charge in [-0.25, -0.2) is 4.98 Å². The Morgan fingerprint density at radius 1 is 1.12 bits per heavy atom. The molecule has 0 saturated carbocycles. The van der Waals surface area contributed by atoms with Gasteiger partial charge in [0.25, 0.3) is 5.56 Å². The zero-order valence-corrected chi connectivity index (χ0v) is 14.1. The lowest BCUT2D eigenvalue weighted by molar-refractivity contribution is -0.121. The van der Waals surface area contributed by atoms with E-state index in [0.29, 0.717) is 22.2 Å². The SMILES string of the molecule is COc1ccc(C(=O)CNC(=O)Cn2cnc3ccccc3c2=O)cc1. The molecule has 0 fully saturated rings. The van der Waals surface area contributed by atoms with Crippen LogP contribution in [-0.2, 0) is 11.3 Å². The maximum absolute atomic E-state index is 12.3. The van der Waals surface area contributed by atoms with Crippen molar-refractivity contribution in [2.45, 2.75) is 6.54 Å². The van der Waals surface area contributed by atoms with Crippen molar-refractivity contribution in [3.05, 3.63) is 70.8 Å². The smallest absolute Gasteiger partial charge is 0.261 e. The van der Waals surface area contributed by atoms with Crippen molar-refractivity contribution in [2.75, 3.05) is 13.7 Å². The number of amides is 1. The molecule has 0 radical (unpaired) electrons. The second kappa shape index (κ2) is 7.60. The number of nitrogens with one attached hydrogen (secondary N) is 1. The van der Waals surface area contributed by atoms with Crippen LogP contribution < -0.4 is 15.6 Å². The minimum Gasteiger partial charge on any atom is -0.497 e. The van der Waals surface area contributed by atoms with E-state index in [4.69, 9.17) is 4.74 Å². The average Bonchev–Trinajstić information content (AvgIpc) is 2.68. The molecule has 0 aliphatic rings. The Labute approximate surface area is 149 Å². The number of ether oxygens (including phenoxy) is 1. The van der Waals surface area contributed by atoms with Gasteiger partial charge in [0.2, 0.25) is 5.91 Å². The molecule has 1 heterocycles. The maximum Gasteiger partial charge on any atom is 0.261 e. The molecule has 26 heavy (non-hydrogen) atoms. The molecule has 3 aromatic rings. The summed E-state index contributed by atoms with van der Waals surface area (Å²) < 4.78 is 6.25. The molecule has 0 saturated heterocycles. The summed E-state index contributed by atoms with van der Waals surface area (Å²) in [5.41, 5.74) is 0.742. The van der Waals surface area contributed by atoms with Gasteiger partial charge in [0.1, 0.15) is 12.3 Å². The van der Waals surface area contributed by atoms with E-state index in [1.165, 1.54) is 10.9 Å². The van der Waals surface area contributed by atoms with E-state index in [-0.39, 0.29) is 24.4 Å². The number of benzene rings is 2. The molecular formula is C19H17N3O4. The van der Waals surface area contributed by atoms with Gasteiger partial charge >= 0.3 is 0 Å². The van der Waals surface area contributed by atoms with Crippen LogP contribution in [0.3, 0.4) is 0 Å². The summed E-state index contributed by atoms with van der Waals surface area (Å²) in [6.45, 7) is -0.354. The Balaban J connectivity index is 1.63. The lowest BCUT2D eigenvalue weighted by Crippen LogP contribution is -2.35. The molecule has 1 amide bonds. The number of fused-ring (bicyclic) bond motifs is 1. The standard InChI is InChI=1S/C19H17N3O4/c1-26-14-8-6-13(7-9-14)17(23)10-20-18(24)11-22-12-21-16-5-3-2-4-15(16)19(22)25/h2-9,12H,10-11H2,1H3,(H,20,24). The van der Waals surface area contributed by atoms with Gasteiger partial charge in [0, 0.05) is 5.56 Å². The molecule has 2 aromatic carbocycles. The normalized spacial score (nSPS) is 10.5. The fourth-order valence-electron chi connectivity index (χ4n) is 2.49. The van der Waals surface area contributed by atoms with Crippen LogP contribution in [0.4, 0.5) is 0 Å². The summed E-state index contributed by atoms with van der Waals surface area (Å²) in [5.74, 6) is -0.0233. The average molecular weight is 351 g/mol. The largest absolute Gasteiger partial charge is 0.497 e. The van der Waals surface area contributed by atoms with Crippen molar-refractivity contribution >= 4 is 22.6 Å². The minimum absolute atomic E-state index is 0.152. The number of carbonyl (C=O) groups excluding carboxylic acids is 2. The fourth-order valence-corrected chi connectivity index (χ4v) is 2.49. The van der Waals surface area contributed by atoms with Gasteiger partial charge in [-0.05, 0) is 36.4 Å². The van der Waals surface area contributed by atoms with Crippen molar-refractivity contribution in [1.82, 2.24) is 14.9 Å². The van der Waals surface area contributed by atoms with Crippen molar-refractivity contribution < 1.29 is 14.3 Å². The summed E-state index contributed by atoms with van der Waals surface area (Å²) >= 11 is 0. The second-order valence-electron chi connectivity index (χ2n) is 5.62. The summed E-state index contributed by atoms with van der Waals surface area (Å²) in [5, 5.41) is 2.97. The van der Waals surface area contributed by atoms with Crippen molar-refractivity contribution in [2.24, 2.45) is 0 Å². The molecule has 7 nitrogen and oxygen atoms in total. The summed E-state index contributed by atoms with van der Waals surface area (Å²) in [7, 11) is 1.54. The molecular weight excluding hydrogens is 334 g/mol. The van der Waals surface area contributed by atoms with Crippen LogP contribution in [0, 0.1) is 0 Å². The number of methoxy groups -OCH3 is 1. The van der Waals surface area contributed by atoms with Gasteiger partial charge < -0.3 is 10.1 Å². The van der Waals surface area contributed by atoms with E-state index >= 15 is 0 Å². The number of hydrogen-bond donors (Lipinski definition) is 1. The Morgan fingerprint density at radius 2 is 1.85 bits per heavy atom. The first-order valence-electron chi connectivity index (χ1n) is 7.96. The molecule has 1 N–H and O–H groups in total. The Bertz CT molecular complexity index is 1010. The third-order valence-corrected chi connectivity index (χ3v) is 3.90. The zero-order valence-electron chi connectivity index (χ0n) is 14.1. The Kier molecular flexibility index (Phi) is 5.07. The molecule has 0 spiro atoms. The highest BCUT2D eigenvalue weighted by atomic mass is 16.5. The van der Waals surface area contributed by atoms with Crippen molar-refractivity contribution in [1.29, 1.82) is 0 Å². The molecule has 0 aliphatic carbocycles. The van der Waals surface area contributed by atoms with E-state index in [2.05, 4.69) is 10.3 Å². The van der Waals surface area contributed by atoms with E-state index in [1.807, 2.05) is 0 Å². The predicted molar refractivity (Wildman–Crippen MR) is 96.3 cm³/mol. The van der Waals surface area contributed by atoms with Crippen LogP contribution in [0.5, 0.6) is 5.75 Å². The highest BCUT2D eigenvalue weighted by Crippen LogP contribution is 2.11. The minimum atomic E-state index is -0.439. The second-order valence-corrected chi connectivity index (χ2v) is 5.62. The maximum atomic E-state index is 12.3. The monoisotopic (exact) mass is 351 g/mol. The molecule has 0 atom stereocenters. The Morgan fingerprint density at radius 3 is 2.58 bits per heavy atom. The number of ketones is 1. The van der Waals surface area contributed by atoms with Crippen molar-refractivity contribution in [3.63, 3.8) is 0 Å². The van der Waals surface area contributed by atoms with E-state index in [1.54, 1.807) is 55.6 Å². The summed E-state index contributed by atoms with van der Waals surface area (Å²) in [6, 6.07) is 13.5. The highest BCUT2D eigenvalue weighted by Gasteiger charge is 2.11. The third kappa shape index (κ3) is 3.77. The van der Waals surface area contributed by atoms with Gasteiger partial charge in [-0.15, -0.1) is 0 Å². The summed E-state index contributed by atoms with van der Waals surface area (Å²) in [6.07, 6.45) is 1.33. The predicted octanol–water partition coefficient (Wildman–Crippen LogP) is 1.40. The van der Waals surface area contributed by atoms with Crippen LogP contribution in [0.1, 0.15) is 10.4 Å². The number of aromatic nitrogens is 2. The third-order valence-electron chi connectivity index (χ3n) is 3.90. The number of rotatable bonds is 6. The lowest BCUT2D eigenvalue weighted by atomic mass is 10.1. The van der Waals surface area contributed by atoms with Crippen LogP contribution in [0.15, 0.2) is 59.7 Å². The van der Waals surface area contributed by atoms with Crippen LogP contribution in [-0.4, -0.2) is 34.9 Å². The Hall–Kier alpha value is -3.48. The van der Waals surface area contributed by atoms with Crippen LogP contribution in [0.2, 0.25) is 0 Å². The first-order chi connectivity index (χ1) is 12.6. The fraction of sp³-hybridized carbons (Fsp3) is 0.158. The first-order valence-corrected chi connectivity index (χ1v) is 7.96.